The monoisotopic (exact) mass is 193 g/mol. The van der Waals surface area contributed by atoms with E-state index in [1.165, 1.54) is 0 Å². The van der Waals surface area contributed by atoms with Crippen molar-refractivity contribution in [2.45, 2.75) is 31.7 Å². The minimum absolute atomic E-state index is 0.133. The molecule has 78 valence electrons. The number of hydrogen-bond donors (Lipinski definition) is 0. The second-order valence-electron chi connectivity index (χ2n) is 4.09. The Balaban J connectivity index is 2.60. The van der Waals surface area contributed by atoms with E-state index < -0.39 is 0 Å². The maximum Gasteiger partial charge on any atom is 0.131 e. The Bertz CT molecular complexity index is 231. The molecular weight excluding hydrogens is 174 g/mol. The van der Waals surface area contributed by atoms with Crippen LogP contribution in [-0.2, 0) is 4.79 Å². The highest BCUT2D eigenvalue weighted by Gasteiger charge is 2.47. The Morgan fingerprint density at radius 1 is 1.36 bits per heavy atom. The number of Topliss-reactive ketones (excluding diaryl/α,β-unsaturated/α-hetero) is 1. The fourth-order valence-corrected chi connectivity index (χ4v) is 1.99. The molecule has 1 aliphatic carbocycles. The molecule has 1 aliphatic rings. The number of hydrogen-bond acceptors (Lipinski definition) is 2. The van der Waals surface area contributed by atoms with Crippen LogP contribution in [-0.4, -0.2) is 29.3 Å². The molecule has 0 radical (unpaired) electrons. The molecule has 1 saturated carbocycles. The maximum absolute atomic E-state index is 11.1. The molecule has 0 heterocycles. The molecular formula is C12H19NO. The molecule has 0 N–H and O–H groups in total. The minimum atomic E-state index is 0.133. The van der Waals surface area contributed by atoms with E-state index in [0.717, 1.165) is 25.9 Å². The average Bonchev–Trinajstić information content (AvgIpc) is 2.84. The van der Waals surface area contributed by atoms with Crippen LogP contribution in [0.25, 0.3) is 0 Å². The van der Waals surface area contributed by atoms with Gasteiger partial charge in [0.05, 0.1) is 0 Å². The molecule has 1 rings (SSSR count). The molecule has 0 spiro atoms. The Morgan fingerprint density at radius 2 is 1.86 bits per heavy atom. The van der Waals surface area contributed by atoms with Crippen molar-refractivity contribution in [1.29, 1.82) is 0 Å². The summed E-state index contributed by atoms with van der Waals surface area (Å²) < 4.78 is 0. The summed E-state index contributed by atoms with van der Waals surface area (Å²) in [5.74, 6) is 0.278. The maximum atomic E-state index is 11.1. The van der Waals surface area contributed by atoms with Gasteiger partial charge in [-0.15, -0.1) is 13.2 Å². The van der Waals surface area contributed by atoms with Gasteiger partial charge in [-0.25, -0.2) is 0 Å². The predicted octanol–water partition coefficient (Wildman–Crippen LogP) is 2.17. The predicted molar refractivity (Wildman–Crippen MR) is 59.2 cm³/mol. The van der Waals surface area contributed by atoms with Crippen LogP contribution in [0, 0.1) is 0 Å². The fourth-order valence-electron chi connectivity index (χ4n) is 1.99. The van der Waals surface area contributed by atoms with Crippen LogP contribution < -0.4 is 0 Å². The van der Waals surface area contributed by atoms with Crippen molar-refractivity contribution in [3.05, 3.63) is 25.3 Å². The zero-order valence-electron chi connectivity index (χ0n) is 8.96. The Morgan fingerprint density at radius 3 is 2.14 bits per heavy atom. The molecule has 0 bridgehead atoms. The summed E-state index contributed by atoms with van der Waals surface area (Å²) in [4.78, 5) is 13.4. The van der Waals surface area contributed by atoms with E-state index in [9.17, 15) is 4.79 Å². The van der Waals surface area contributed by atoms with Gasteiger partial charge in [0.25, 0.3) is 0 Å². The first-order valence-corrected chi connectivity index (χ1v) is 5.11. The molecule has 2 heteroatoms. The third kappa shape index (κ3) is 2.55. The topological polar surface area (TPSA) is 20.3 Å². The Labute approximate surface area is 86.3 Å². The fraction of sp³-hybridized carbons (Fsp3) is 0.583. The van der Waals surface area contributed by atoms with Gasteiger partial charge >= 0.3 is 0 Å². The first-order chi connectivity index (χ1) is 6.64. The SMILES string of the molecule is C=CCN(CC=C)C1(CC(C)=O)CC1. The van der Waals surface area contributed by atoms with E-state index in [1.54, 1.807) is 6.92 Å². The van der Waals surface area contributed by atoms with Gasteiger partial charge in [0, 0.05) is 25.0 Å². The summed E-state index contributed by atoms with van der Waals surface area (Å²) in [5.41, 5.74) is 0.133. The van der Waals surface area contributed by atoms with Gasteiger partial charge in [0.15, 0.2) is 0 Å². The lowest BCUT2D eigenvalue weighted by molar-refractivity contribution is -0.118. The summed E-state index contributed by atoms with van der Waals surface area (Å²) in [7, 11) is 0. The highest BCUT2D eigenvalue weighted by molar-refractivity contribution is 5.77. The lowest BCUT2D eigenvalue weighted by atomic mass is 10.1. The molecule has 0 aromatic rings. The molecule has 0 unspecified atom stereocenters. The van der Waals surface area contributed by atoms with Crippen LogP contribution in [0.1, 0.15) is 26.2 Å². The zero-order chi connectivity index (χ0) is 10.6. The van der Waals surface area contributed by atoms with E-state index in [4.69, 9.17) is 0 Å². The molecule has 0 aliphatic heterocycles. The van der Waals surface area contributed by atoms with Crippen molar-refractivity contribution >= 4 is 5.78 Å². The van der Waals surface area contributed by atoms with Gasteiger partial charge < -0.3 is 0 Å². The van der Waals surface area contributed by atoms with Crippen molar-refractivity contribution in [3.63, 3.8) is 0 Å². The van der Waals surface area contributed by atoms with Crippen LogP contribution >= 0.6 is 0 Å². The van der Waals surface area contributed by atoms with Crippen LogP contribution in [0.2, 0.25) is 0 Å². The molecule has 14 heavy (non-hydrogen) atoms. The third-order valence-electron chi connectivity index (χ3n) is 2.77. The number of nitrogens with zero attached hydrogens (tertiary/aromatic N) is 1. The smallest absolute Gasteiger partial charge is 0.131 e. The molecule has 1 fully saturated rings. The first kappa shape index (κ1) is 11.2. The Kier molecular flexibility index (Phi) is 3.64. The summed E-state index contributed by atoms with van der Waals surface area (Å²) in [5, 5.41) is 0. The molecule has 0 aromatic heterocycles. The largest absolute Gasteiger partial charge is 0.300 e. The van der Waals surface area contributed by atoms with E-state index in [-0.39, 0.29) is 11.3 Å². The van der Waals surface area contributed by atoms with Gasteiger partial charge in [-0.3, -0.25) is 9.69 Å². The summed E-state index contributed by atoms with van der Waals surface area (Å²) in [6, 6.07) is 0. The molecule has 0 saturated heterocycles. The van der Waals surface area contributed by atoms with Crippen LogP contribution in [0.15, 0.2) is 25.3 Å². The van der Waals surface area contributed by atoms with Crippen molar-refractivity contribution < 1.29 is 4.79 Å². The van der Waals surface area contributed by atoms with Crippen LogP contribution in [0.4, 0.5) is 0 Å². The third-order valence-corrected chi connectivity index (χ3v) is 2.77. The van der Waals surface area contributed by atoms with E-state index in [0.29, 0.717) is 6.42 Å². The van der Waals surface area contributed by atoms with E-state index in [2.05, 4.69) is 18.1 Å². The summed E-state index contributed by atoms with van der Waals surface area (Å²) >= 11 is 0. The second kappa shape index (κ2) is 4.56. The number of carbonyl (C=O) groups is 1. The van der Waals surface area contributed by atoms with E-state index in [1.807, 2.05) is 12.2 Å². The highest BCUT2D eigenvalue weighted by atomic mass is 16.1. The molecule has 2 nitrogen and oxygen atoms in total. The van der Waals surface area contributed by atoms with Gasteiger partial charge in [0.1, 0.15) is 5.78 Å². The van der Waals surface area contributed by atoms with Crippen molar-refractivity contribution in [3.8, 4) is 0 Å². The van der Waals surface area contributed by atoms with Gasteiger partial charge in [-0.05, 0) is 19.8 Å². The average molecular weight is 193 g/mol. The van der Waals surface area contributed by atoms with Gasteiger partial charge in [0.2, 0.25) is 0 Å². The zero-order valence-corrected chi connectivity index (χ0v) is 8.96. The quantitative estimate of drug-likeness (QED) is 0.577. The number of carbonyl (C=O) groups excluding carboxylic acids is 1. The van der Waals surface area contributed by atoms with Crippen molar-refractivity contribution in [2.24, 2.45) is 0 Å². The van der Waals surface area contributed by atoms with Gasteiger partial charge in [-0.1, -0.05) is 12.2 Å². The molecule has 0 amide bonds. The molecule has 0 aromatic carbocycles. The normalized spacial score (nSPS) is 17.9. The second-order valence-corrected chi connectivity index (χ2v) is 4.09. The summed E-state index contributed by atoms with van der Waals surface area (Å²) in [6.45, 7) is 10.8. The number of ketones is 1. The summed E-state index contributed by atoms with van der Waals surface area (Å²) in [6.07, 6.45) is 6.73. The minimum Gasteiger partial charge on any atom is -0.300 e. The van der Waals surface area contributed by atoms with Crippen LogP contribution in [0.3, 0.4) is 0 Å². The van der Waals surface area contributed by atoms with Gasteiger partial charge in [-0.2, -0.15) is 0 Å². The number of rotatable bonds is 7. The first-order valence-electron chi connectivity index (χ1n) is 5.11. The molecule has 0 atom stereocenters. The van der Waals surface area contributed by atoms with Crippen molar-refractivity contribution in [2.75, 3.05) is 13.1 Å². The highest BCUT2D eigenvalue weighted by Crippen LogP contribution is 2.44. The lowest BCUT2D eigenvalue weighted by Crippen LogP contribution is -2.39. The Hall–Kier alpha value is -0.890. The van der Waals surface area contributed by atoms with Crippen LogP contribution in [0.5, 0.6) is 0 Å². The van der Waals surface area contributed by atoms with Crippen molar-refractivity contribution in [1.82, 2.24) is 4.90 Å². The standard InChI is InChI=1S/C12H19NO/c1-4-8-13(9-5-2)12(6-7-12)10-11(3)14/h4-5H,1-2,6-10H2,3H3. The lowest BCUT2D eigenvalue weighted by Gasteiger charge is -2.29. The van der Waals surface area contributed by atoms with E-state index >= 15 is 0 Å².